The second kappa shape index (κ2) is 5.81. The van der Waals surface area contributed by atoms with Crippen molar-refractivity contribution in [2.45, 2.75) is 64.4 Å². The maximum atomic E-state index is 11.9. The van der Waals surface area contributed by atoms with E-state index in [-0.39, 0.29) is 0 Å². The van der Waals surface area contributed by atoms with E-state index in [4.69, 9.17) is 4.74 Å². The highest BCUT2D eigenvalue weighted by molar-refractivity contribution is 5.82. The Kier molecular flexibility index (Phi) is 4.39. The largest absolute Gasteiger partial charge is 0.370 e. The van der Waals surface area contributed by atoms with Crippen LogP contribution in [-0.4, -0.2) is 18.5 Å². The average Bonchev–Trinajstić information content (AvgIpc) is 2.81. The molecule has 16 heavy (non-hydrogen) atoms. The van der Waals surface area contributed by atoms with Gasteiger partial charge in [-0.2, -0.15) is 0 Å². The lowest BCUT2D eigenvalue weighted by Gasteiger charge is -2.28. The van der Waals surface area contributed by atoms with Crippen LogP contribution in [0.3, 0.4) is 0 Å². The molecule has 2 aliphatic rings. The van der Waals surface area contributed by atoms with Crippen molar-refractivity contribution in [3.05, 3.63) is 0 Å². The van der Waals surface area contributed by atoms with Gasteiger partial charge in [0, 0.05) is 5.92 Å². The number of carbonyl (C=O) groups excluding carboxylic acids is 1. The van der Waals surface area contributed by atoms with Crippen molar-refractivity contribution in [3.63, 3.8) is 0 Å². The van der Waals surface area contributed by atoms with Gasteiger partial charge in [-0.1, -0.05) is 32.6 Å². The third-order valence-corrected chi connectivity index (χ3v) is 4.28. The molecule has 2 nitrogen and oxygen atoms in total. The summed E-state index contributed by atoms with van der Waals surface area (Å²) in [6, 6.07) is 0. The fraction of sp³-hybridized carbons (Fsp3) is 0.929. The molecule has 2 unspecified atom stereocenters. The van der Waals surface area contributed by atoms with Gasteiger partial charge >= 0.3 is 0 Å². The van der Waals surface area contributed by atoms with Crippen molar-refractivity contribution in [1.82, 2.24) is 0 Å². The van der Waals surface area contributed by atoms with Crippen LogP contribution in [0.25, 0.3) is 0 Å². The minimum absolute atomic E-state index is 0.318. The monoisotopic (exact) mass is 224 g/mol. The third kappa shape index (κ3) is 3.07. The maximum absolute atomic E-state index is 11.9. The van der Waals surface area contributed by atoms with Gasteiger partial charge in [-0.15, -0.1) is 0 Å². The first-order valence-electron chi connectivity index (χ1n) is 6.91. The second-order valence-corrected chi connectivity index (χ2v) is 5.56. The van der Waals surface area contributed by atoms with Gasteiger partial charge in [0.2, 0.25) is 0 Å². The average molecular weight is 224 g/mol. The van der Waals surface area contributed by atoms with Crippen LogP contribution in [0, 0.1) is 11.8 Å². The van der Waals surface area contributed by atoms with Crippen molar-refractivity contribution in [2.24, 2.45) is 11.8 Å². The van der Waals surface area contributed by atoms with Crippen molar-refractivity contribution in [3.8, 4) is 0 Å². The number of ketones is 1. The molecule has 0 spiro atoms. The summed E-state index contributed by atoms with van der Waals surface area (Å²) in [5.74, 6) is 1.32. The van der Waals surface area contributed by atoms with Gasteiger partial charge in [0.05, 0.1) is 6.10 Å². The summed E-state index contributed by atoms with van der Waals surface area (Å²) in [6.07, 6.45) is 10.0. The Hall–Kier alpha value is -0.370. The van der Waals surface area contributed by atoms with E-state index in [0.29, 0.717) is 30.3 Å². The molecule has 92 valence electrons. The Balaban J connectivity index is 1.71. The Morgan fingerprint density at radius 2 is 1.69 bits per heavy atom. The summed E-state index contributed by atoms with van der Waals surface area (Å²) >= 11 is 0. The molecule has 0 radical (unpaired) electrons. The minimum Gasteiger partial charge on any atom is -0.370 e. The summed E-state index contributed by atoms with van der Waals surface area (Å²) in [4.78, 5) is 11.9. The van der Waals surface area contributed by atoms with Crippen molar-refractivity contribution < 1.29 is 9.53 Å². The molecule has 0 amide bonds. The number of hydrogen-bond donors (Lipinski definition) is 0. The summed E-state index contributed by atoms with van der Waals surface area (Å²) in [7, 11) is 0. The van der Waals surface area contributed by atoms with E-state index >= 15 is 0 Å². The number of hydrogen-bond acceptors (Lipinski definition) is 2. The lowest BCUT2D eigenvalue weighted by molar-refractivity contribution is -0.131. The highest BCUT2D eigenvalue weighted by atomic mass is 16.5. The van der Waals surface area contributed by atoms with Crippen LogP contribution in [0.5, 0.6) is 0 Å². The predicted octanol–water partition coefficient (Wildman–Crippen LogP) is 3.34. The molecule has 2 rings (SSSR count). The number of rotatable bonds is 4. The molecule has 0 heterocycles. The molecule has 2 atom stereocenters. The highest BCUT2D eigenvalue weighted by Gasteiger charge is 2.26. The second-order valence-electron chi connectivity index (χ2n) is 5.56. The SMILES string of the molecule is CC1CCCCC1OCC(=O)C1CCCC1. The Morgan fingerprint density at radius 1 is 1.06 bits per heavy atom. The third-order valence-electron chi connectivity index (χ3n) is 4.28. The van der Waals surface area contributed by atoms with E-state index in [2.05, 4.69) is 6.92 Å². The molecule has 2 heteroatoms. The number of ether oxygens (including phenoxy) is 1. The van der Waals surface area contributed by atoms with E-state index < -0.39 is 0 Å². The molecule has 0 aromatic heterocycles. The van der Waals surface area contributed by atoms with Gasteiger partial charge in [0.15, 0.2) is 5.78 Å². The van der Waals surface area contributed by atoms with Crippen LogP contribution in [0.15, 0.2) is 0 Å². The van der Waals surface area contributed by atoms with E-state index in [1.807, 2.05) is 0 Å². The van der Waals surface area contributed by atoms with Crippen LogP contribution in [-0.2, 0) is 9.53 Å². The molecule has 2 saturated carbocycles. The fourth-order valence-corrected chi connectivity index (χ4v) is 3.08. The molecule has 0 bridgehead atoms. The van der Waals surface area contributed by atoms with E-state index in [1.54, 1.807) is 0 Å². The normalized spacial score (nSPS) is 31.8. The molecule has 0 saturated heterocycles. The van der Waals surface area contributed by atoms with Crippen LogP contribution >= 0.6 is 0 Å². The minimum atomic E-state index is 0.318. The quantitative estimate of drug-likeness (QED) is 0.732. The van der Waals surface area contributed by atoms with Crippen molar-refractivity contribution in [1.29, 1.82) is 0 Å². The van der Waals surface area contributed by atoms with Crippen molar-refractivity contribution >= 4 is 5.78 Å². The number of Topliss-reactive ketones (excluding diaryl/α,β-unsaturated/α-hetero) is 1. The first kappa shape index (κ1) is 12.1. The summed E-state index contributed by atoms with van der Waals surface area (Å²) in [5.41, 5.74) is 0. The summed E-state index contributed by atoms with van der Waals surface area (Å²) in [6.45, 7) is 2.63. The smallest absolute Gasteiger partial charge is 0.161 e. The maximum Gasteiger partial charge on any atom is 0.161 e. The first-order chi connectivity index (χ1) is 7.77. The molecular weight excluding hydrogens is 200 g/mol. The zero-order valence-corrected chi connectivity index (χ0v) is 10.4. The lowest BCUT2D eigenvalue weighted by atomic mass is 9.88. The fourth-order valence-electron chi connectivity index (χ4n) is 3.08. The van der Waals surface area contributed by atoms with Crippen LogP contribution < -0.4 is 0 Å². The predicted molar refractivity (Wildman–Crippen MR) is 64.3 cm³/mol. The zero-order chi connectivity index (χ0) is 11.4. The standard InChI is InChI=1S/C14H24O2/c1-11-6-2-5-9-14(11)16-10-13(15)12-7-3-4-8-12/h11-12,14H,2-10H2,1H3. The topological polar surface area (TPSA) is 26.3 Å². The molecule has 2 fully saturated rings. The van der Waals surface area contributed by atoms with Crippen LogP contribution in [0.4, 0.5) is 0 Å². The molecule has 0 aliphatic heterocycles. The van der Waals surface area contributed by atoms with Gasteiger partial charge in [-0.3, -0.25) is 4.79 Å². The highest BCUT2D eigenvalue weighted by Crippen LogP contribution is 2.28. The zero-order valence-electron chi connectivity index (χ0n) is 10.4. The summed E-state index contributed by atoms with van der Waals surface area (Å²) in [5, 5.41) is 0. The van der Waals surface area contributed by atoms with Crippen molar-refractivity contribution in [2.75, 3.05) is 6.61 Å². The Bertz CT molecular complexity index is 231. The van der Waals surface area contributed by atoms with E-state index in [9.17, 15) is 4.79 Å². The number of carbonyl (C=O) groups is 1. The molecule has 2 aliphatic carbocycles. The summed E-state index contributed by atoms with van der Waals surface area (Å²) < 4.78 is 5.82. The molecule has 0 aromatic rings. The first-order valence-corrected chi connectivity index (χ1v) is 6.91. The van der Waals surface area contributed by atoms with E-state index in [0.717, 1.165) is 19.3 Å². The van der Waals surface area contributed by atoms with Crippen LogP contribution in [0.2, 0.25) is 0 Å². The van der Waals surface area contributed by atoms with Gasteiger partial charge in [0.1, 0.15) is 6.61 Å². The van der Waals surface area contributed by atoms with Gasteiger partial charge in [0.25, 0.3) is 0 Å². The van der Waals surface area contributed by atoms with Crippen LogP contribution in [0.1, 0.15) is 58.3 Å². The molecular formula is C14H24O2. The molecule has 0 N–H and O–H groups in total. The van der Waals surface area contributed by atoms with Gasteiger partial charge in [-0.05, 0) is 31.6 Å². The lowest BCUT2D eigenvalue weighted by Crippen LogP contribution is -2.29. The van der Waals surface area contributed by atoms with Gasteiger partial charge < -0.3 is 4.74 Å². The molecule has 0 aromatic carbocycles. The Morgan fingerprint density at radius 3 is 2.38 bits per heavy atom. The Labute approximate surface area is 98.7 Å². The van der Waals surface area contributed by atoms with Gasteiger partial charge in [-0.25, -0.2) is 0 Å². The van der Waals surface area contributed by atoms with E-state index in [1.165, 1.54) is 32.1 Å².